The lowest BCUT2D eigenvalue weighted by atomic mass is 10.1. The summed E-state index contributed by atoms with van der Waals surface area (Å²) in [5.41, 5.74) is 9.35. The van der Waals surface area contributed by atoms with Crippen LogP contribution >= 0.6 is 12.3 Å². The lowest BCUT2D eigenvalue weighted by molar-refractivity contribution is -0.434. The second kappa shape index (κ2) is 9.78. The molecule has 3 N–H and O–H groups in total. The van der Waals surface area contributed by atoms with Gasteiger partial charge >= 0.3 is 0 Å². The quantitative estimate of drug-likeness (QED) is 0.157. The van der Waals surface area contributed by atoms with E-state index >= 15 is 0 Å². The Balaban J connectivity index is 2.12. The first-order valence-corrected chi connectivity index (χ1v) is 10.0. The maximum atomic E-state index is 12.3. The minimum absolute atomic E-state index is 0.0945. The number of azo groups is 1. The molecule has 0 aliphatic carbocycles. The van der Waals surface area contributed by atoms with Gasteiger partial charge in [0.1, 0.15) is 0 Å². The molecule has 0 heterocycles. The van der Waals surface area contributed by atoms with Gasteiger partial charge in [0.25, 0.3) is 0 Å². The number of rotatable bonds is 9. The van der Waals surface area contributed by atoms with Crippen molar-refractivity contribution in [3.8, 4) is 0 Å². The van der Waals surface area contributed by atoms with Gasteiger partial charge in [-0.15, -0.1) is 4.33 Å². The van der Waals surface area contributed by atoms with Crippen LogP contribution in [0.1, 0.15) is 11.1 Å². The minimum Gasteiger partial charge on any atom is -0.399 e. The summed E-state index contributed by atoms with van der Waals surface area (Å²) in [6, 6.07) is 9.77. The molecule has 27 heavy (non-hydrogen) atoms. The predicted molar refractivity (Wildman–Crippen MR) is 101 cm³/mol. The Bertz CT molecular complexity index is 918. The van der Waals surface area contributed by atoms with Crippen LogP contribution in [-0.4, -0.2) is 26.0 Å². The van der Waals surface area contributed by atoms with Gasteiger partial charge in [-0.25, -0.2) is 13.7 Å². The van der Waals surface area contributed by atoms with Crippen LogP contribution in [0.25, 0.3) is 0 Å². The van der Waals surface area contributed by atoms with Crippen molar-refractivity contribution in [2.24, 2.45) is 10.2 Å². The number of nitrogens with zero attached hydrogens (tertiary/aromatic N) is 2. The van der Waals surface area contributed by atoms with Crippen molar-refractivity contribution in [3.63, 3.8) is 0 Å². The topological polar surface area (TPSA) is 133 Å². The summed E-state index contributed by atoms with van der Waals surface area (Å²) in [6.45, 7) is 3.58. The second-order valence-corrected chi connectivity index (χ2v) is 8.16. The lowest BCUT2D eigenvalue weighted by Gasteiger charge is -2.06. The van der Waals surface area contributed by atoms with Gasteiger partial charge in [-0.1, -0.05) is 11.1 Å². The number of aryl methyl sites for hydroxylation is 2. The van der Waals surface area contributed by atoms with E-state index in [-0.39, 0.29) is 17.3 Å². The average Bonchev–Trinajstić information content (AvgIpc) is 2.63. The van der Waals surface area contributed by atoms with E-state index in [2.05, 4.69) is 19.6 Å². The maximum absolute atomic E-state index is 12.3. The Morgan fingerprint density at radius 3 is 2.67 bits per heavy atom. The molecule has 0 atom stereocenters. The fourth-order valence-corrected chi connectivity index (χ4v) is 3.56. The number of anilines is 1. The van der Waals surface area contributed by atoms with E-state index < -0.39 is 9.84 Å². The van der Waals surface area contributed by atoms with Crippen molar-refractivity contribution < 1.29 is 27.2 Å². The van der Waals surface area contributed by atoms with Crippen LogP contribution in [0.2, 0.25) is 0 Å². The van der Waals surface area contributed by atoms with Crippen molar-refractivity contribution in [2.45, 2.75) is 18.7 Å². The van der Waals surface area contributed by atoms with Crippen LogP contribution in [0.3, 0.4) is 0 Å². The van der Waals surface area contributed by atoms with E-state index in [1.807, 2.05) is 26.0 Å². The number of benzene rings is 2. The Labute approximate surface area is 161 Å². The SMILES string of the molecule is Cc1cc(N=Nc2cccc(S(=O)(=O)CCOSOOO)c2)c(C)cc1N. The first-order chi connectivity index (χ1) is 12.8. The highest BCUT2D eigenvalue weighted by Crippen LogP contribution is 2.27. The fraction of sp³-hybridized carbons (Fsp3) is 0.250. The highest BCUT2D eigenvalue weighted by atomic mass is 32.2. The summed E-state index contributed by atoms with van der Waals surface area (Å²) in [7, 11) is -3.59. The first kappa shape index (κ1) is 21.3. The minimum atomic E-state index is -3.59. The molecular formula is C16H19N3O6S2. The molecule has 0 unspecified atom stereocenters. The molecule has 0 amide bonds. The van der Waals surface area contributed by atoms with Gasteiger partial charge in [-0.2, -0.15) is 10.2 Å². The Hall–Kier alpha value is -2.02. The van der Waals surface area contributed by atoms with Gasteiger partial charge in [0.2, 0.25) is 0 Å². The molecule has 11 heteroatoms. The summed E-state index contributed by atoms with van der Waals surface area (Å²) in [4.78, 5) is 0.0945. The molecule has 0 aliphatic rings. The van der Waals surface area contributed by atoms with Crippen LogP contribution in [0.4, 0.5) is 17.1 Å². The summed E-state index contributed by atoms with van der Waals surface area (Å²) in [6.07, 6.45) is 0. The first-order valence-electron chi connectivity index (χ1n) is 7.71. The number of sulfone groups is 1. The van der Waals surface area contributed by atoms with Crippen LogP contribution in [0.15, 0.2) is 51.5 Å². The molecule has 0 aliphatic heterocycles. The largest absolute Gasteiger partial charge is 0.399 e. The molecule has 0 saturated heterocycles. The maximum Gasteiger partial charge on any atom is 0.197 e. The van der Waals surface area contributed by atoms with E-state index in [4.69, 9.17) is 15.2 Å². The summed E-state index contributed by atoms with van der Waals surface area (Å²) < 4.78 is 33.4. The summed E-state index contributed by atoms with van der Waals surface area (Å²) in [5, 5.41) is 19.6. The molecule has 2 rings (SSSR count). The highest BCUT2D eigenvalue weighted by molar-refractivity contribution is 7.91. The van der Waals surface area contributed by atoms with Crippen molar-refractivity contribution >= 4 is 39.2 Å². The normalized spacial score (nSPS) is 12.0. The zero-order valence-electron chi connectivity index (χ0n) is 14.7. The van der Waals surface area contributed by atoms with Gasteiger partial charge < -0.3 is 5.73 Å². The Kier molecular flexibility index (Phi) is 7.71. The monoisotopic (exact) mass is 413 g/mol. The second-order valence-electron chi connectivity index (χ2n) is 5.54. The number of nitrogens with two attached hydrogens (primary N) is 1. The lowest BCUT2D eigenvalue weighted by Crippen LogP contribution is -2.11. The van der Waals surface area contributed by atoms with Gasteiger partial charge in [0, 0.05) is 5.69 Å². The highest BCUT2D eigenvalue weighted by Gasteiger charge is 2.15. The molecule has 146 valence electrons. The molecule has 0 fully saturated rings. The fourth-order valence-electron chi connectivity index (χ4n) is 2.11. The third-order valence-corrected chi connectivity index (χ3v) is 5.63. The number of hydrogen-bond donors (Lipinski definition) is 2. The summed E-state index contributed by atoms with van der Waals surface area (Å²) in [5.74, 6) is -0.286. The molecule has 2 aromatic rings. The van der Waals surface area contributed by atoms with Crippen molar-refractivity contribution in [1.82, 2.24) is 0 Å². The Morgan fingerprint density at radius 1 is 1.15 bits per heavy atom. The molecule has 9 nitrogen and oxygen atoms in total. The molecule has 0 spiro atoms. The van der Waals surface area contributed by atoms with Crippen molar-refractivity contribution in [3.05, 3.63) is 47.5 Å². The van der Waals surface area contributed by atoms with Gasteiger partial charge in [0.05, 0.1) is 28.6 Å². The Morgan fingerprint density at radius 2 is 1.93 bits per heavy atom. The van der Waals surface area contributed by atoms with Gasteiger partial charge in [-0.05, 0) is 55.3 Å². The third-order valence-electron chi connectivity index (χ3n) is 3.58. The van der Waals surface area contributed by atoms with E-state index in [9.17, 15) is 8.42 Å². The molecular weight excluding hydrogens is 394 g/mol. The number of nitrogen functional groups attached to an aromatic ring is 1. The summed E-state index contributed by atoms with van der Waals surface area (Å²) >= 11 is 0.322. The molecule has 0 radical (unpaired) electrons. The molecule has 0 saturated carbocycles. The van der Waals surface area contributed by atoms with Gasteiger partial charge in [-0.3, -0.25) is 4.18 Å². The van der Waals surface area contributed by atoms with Gasteiger partial charge in [0.15, 0.2) is 22.2 Å². The number of hydrogen-bond acceptors (Lipinski definition) is 10. The van der Waals surface area contributed by atoms with Crippen LogP contribution < -0.4 is 5.73 Å². The van der Waals surface area contributed by atoms with Crippen LogP contribution in [0, 0.1) is 13.8 Å². The molecule has 2 aromatic carbocycles. The standard InChI is InChI=1S/C16H19N3O6S2/c1-11-9-16(12(2)8-15(11)17)19-18-13-4-3-5-14(10-13)27(21,22)7-6-23-26-25-24-20/h3-5,8-10,20H,6-7,17H2,1-2H3. The molecule has 0 aromatic heterocycles. The van der Waals surface area contributed by atoms with E-state index in [0.717, 1.165) is 11.1 Å². The predicted octanol–water partition coefficient (Wildman–Crippen LogP) is 4.08. The van der Waals surface area contributed by atoms with Crippen molar-refractivity contribution in [1.29, 1.82) is 0 Å². The zero-order chi connectivity index (χ0) is 19.9. The van der Waals surface area contributed by atoms with Crippen LogP contribution in [0.5, 0.6) is 0 Å². The zero-order valence-corrected chi connectivity index (χ0v) is 16.3. The van der Waals surface area contributed by atoms with E-state index in [0.29, 0.717) is 29.4 Å². The van der Waals surface area contributed by atoms with E-state index in [1.165, 1.54) is 12.1 Å². The van der Waals surface area contributed by atoms with Crippen molar-refractivity contribution in [2.75, 3.05) is 18.1 Å². The smallest absolute Gasteiger partial charge is 0.197 e. The van der Waals surface area contributed by atoms with Crippen LogP contribution in [-0.2, 0) is 23.4 Å². The molecule has 0 bridgehead atoms. The average molecular weight is 413 g/mol. The third kappa shape index (κ3) is 6.27. The van der Waals surface area contributed by atoms with E-state index in [1.54, 1.807) is 12.1 Å².